The molecular weight excluding hydrogens is 300 g/mol. The summed E-state index contributed by atoms with van der Waals surface area (Å²) >= 11 is 3.67. The molecule has 1 fully saturated rings. The molecule has 106 valence electrons. The lowest BCUT2D eigenvalue weighted by molar-refractivity contribution is 0.264. The first-order valence-electron chi connectivity index (χ1n) is 7.17. The molecule has 0 amide bonds. The van der Waals surface area contributed by atoms with E-state index in [9.17, 15) is 0 Å². The van der Waals surface area contributed by atoms with Gasteiger partial charge in [-0.25, -0.2) is 0 Å². The molecule has 1 aliphatic heterocycles. The van der Waals surface area contributed by atoms with Crippen LogP contribution in [0.4, 0.5) is 0 Å². The molecule has 0 radical (unpaired) electrons. The van der Waals surface area contributed by atoms with Crippen molar-refractivity contribution in [2.75, 3.05) is 45.6 Å². The maximum atomic E-state index is 3.67. The van der Waals surface area contributed by atoms with Crippen molar-refractivity contribution in [2.24, 2.45) is 5.92 Å². The third-order valence-corrected chi connectivity index (χ3v) is 4.83. The number of rotatable bonds is 6. The van der Waals surface area contributed by atoms with Gasteiger partial charge in [0.05, 0.1) is 0 Å². The Morgan fingerprint density at radius 2 is 2.11 bits per heavy atom. The van der Waals surface area contributed by atoms with Gasteiger partial charge in [-0.15, -0.1) is 0 Å². The standard InChI is InChI=1S/C16H25BrN2/c1-18-9-8-14(11-18)12-19(2)13-16(10-17)15-6-4-3-5-7-15/h3-7,14,16H,8-13H2,1-2H3. The highest BCUT2D eigenvalue weighted by Crippen LogP contribution is 2.21. The van der Waals surface area contributed by atoms with Crippen LogP contribution in [-0.4, -0.2) is 55.4 Å². The number of likely N-dealkylation sites (tertiary alicyclic amines) is 1. The molecule has 1 aliphatic rings. The minimum absolute atomic E-state index is 0.588. The molecule has 3 heteroatoms. The second kappa shape index (κ2) is 7.41. The summed E-state index contributed by atoms with van der Waals surface area (Å²) in [4.78, 5) is 4.94. The molecule has 19 heavy (non-hydrogen) atoms. The maximum absolute atomic E-state index is 3.67. The van der Waals surface area contributed by atoms with E-state index >= 15 is 0 Å². The Kier molecular flexibility index (Phi) is 5.86. The number of alkyl halides is 1. The van der Waals surface area contributed by atoms with Crippen LogP contribution in [0.2, 0.25) is 0 Å². The van der Waals surface area contributed by atoms with E-state index in [-0.39, 0.29) is 0 Å². The van der Waals surface area contributed by atoms with Crippen molar-refractivity contribution >= 4 is 15.9 Å². The van der Waals surface area contributed by atoms with Gasteiger partial charge >= 0.3 is 0 Å². The zero-order chi connectivity index (χ0) is 13.7. The molecule has 2 nitrogen and oxygen atoms in total. The minimum Gasteiger partial charge on any atom is -0.306 e. The average Bonchev–Trinajstić information content (AvgIpc) is 2.82. The van der Waals surface area contributed by atoms with Gasteiger partial charge in [0.2, 0.25) is 0 Å². The first-order chi connectivity index (χ1) is 9.19. The summed E-state index contributed by atoms with van der Waals surface area (Å²) in [6.07, 6.45) is 1.35. The summed E-state index contributed by atoms with van der Waals surface area (Å²) in [7, 11) is 4.49. The van der Waals surface area contributed by atoms with Crippen LogP contribution in [-0.2, 0) is 0 Å². The van der Waals surface area contributed by atoms with Gasteiger partial charge < -0.3 is 9.80 Å². The fourth-order valence-electron chi connectivity index (χ4n) is 3.04. The van der Waals surface area contributed by atoms with Crippen molar-refractivity contribution in [3.8, 4) is 0 Å². The summed E-state index contributed by atoms with van der Waals surface area (Å²) in [5, 5.41) is 1.03. The van der Waals surface area contributed by atoms with Gasteiger partial charge in [0.25, 0.3) is 0 Å². The van der Waals surface area contributed by atoms with Crippen molar-refractivity contribution in [3.05, 3.63) is 35.9 Å². The van der Waals surface area contributed by atoms with Crippen molar-refractivity contribution in [3.63, 3.8) is 0 Å². The molecule has 2 rings (SSSR count). The van der Waals surface area contributed by atoms with Crippen LogP contribution in [0, 0.1) is 5.92 Å². The molecule has 1 aromatic carbocycles. The van der Waals surface area contributed by atoms with Crippen LogP contribution < -0.4 is 0 Å². The van der Waals surface area contributed by atoms with Gasteiger partial charge in [0, 0.05) is 30.9 Å². The van der Waals surface area contributed by atoms with Crippen molar-refractivity contribution in [1.82, 2.24) is 9.80 Å². The van der Waals surface area contributed by atoms with Crippen LogP contribution in [0.3, 0.4) is 0 Å². The molecule has 0 aromatic heterocycles. The zero-order valence-electron chi connectivity index (χ0n) is 12.1. The minimum atomic E-state index is 0.588. The topological polar surface area (TPSA) is 6.48 Å². The SMILES string of the molecule is CN1CCC(CN(C)CC(CBr)c2ccccc2)C1. The van der Waals surface area contributed by atoms with Crippen LogP contribution >= 0.6 is 15.9 Å². The monoisotopic (exact) mass is 324 g/mol. The molecule has 0 N–H and O–H groups in total. The molecule has 1 heterocycles. The van der Waals surface area contributed by atoms with Gasteiger partial charge in [0.1, 0.15) is 0 Å². The summed E-state index contributed by atoms with van der Waals surface area (Å²) in [5.41, 5.74) is 1.44. The first kappa shape index (κ1) is 15.0. The molecule has 2 unspecified atom stereocenters. The predicted octanol–water partition coefficient (Wildman–Crippen LogP) is 3.05. The summed E-state index contributed by atoms with van der Waals surface area (Å²) in [6.45, 7) is 4.88. The molecule has 0 bridgehead atoms. The fourth-order valence-corrected chi connectivity index (χ4v) is 3.61. The summed E-state index contributed by atoms with van der Waals surface area (Å²) in [6, 6.07) is 10.8. The maximum Gasteiger partial charge on any atom is 0.0112 e. The highest BCUT2D eigenvalue weighted by molar-refractivity contribution is 9.09. The Balaban J connectivity index is 1.84. The van der Waals surface area contributed by atoms with Crippen LogP contribution in [0.1, 0.15) is 17.9 Å². The van der Waals surface area contributed by atoms with Gasteiger partial charge in [-0.3, -0.25) is 0 Å². The smallest absolute Gasteiger partial charge is 0.0112 e. The molecule has 2 atom stereocenters. The number of benzene rings is 1. The summed E-state index contributed by atoms with van der Waals surface area (Å²) in [5.74, 6) is 1.44. The van der Waals surface area contributed by atoms with Crippen molar-refractivity contribution < 1.29 is 0 Å². The second-order valence-electron chi connectivity index (χ2n) is 5.90. The van der Waals surface area contributed by atoms with E-state index in [1.807, 2.05) is 0 Å². The third-order valence-electron chi connectivity index (χ3n) is 4.05. The second-order valence-corrected chi connectivity index (χ2v) is 6.55. The number of hydrogen-bond acceptors (Lipinski definition) is 2. The Morgan fingerprint density at radius 1 is 1.37 bits per heavy atom. The normalized spacial score (nSPS) is 22.0. The van der Waals surface area contributed by atoms with Gasteiger partial charge in [-0.2, -0.15) is 0 Å². The van der Waals surface area contributed by atoms with Gasteiger partial charge in [-0.05, 0) is 38.5 Å². The zero-order valence-corrected chi connectivity index (χ0v) is 13.6. The van der Waals surface area contributed by atoms with Crippen molar-refractivity contribution in [1.29, 1.82) is 0 Å². The number of nitrogens with zero attached hydrogens (tertiary/aromatic N) is 2. The fraction of sp³-hybridized carbons (Fsp3) is 0.625. The first-order valence-corrected chi connectivity index (χ1v) is 8.29. The van der Waals surface area contributed by atoms with E-state index in [0.717, 1.165) is 17.8 Å². The molecule has 1 saturated heterocycles. The molecular formula is C16H25BrN2. The molecule has 0 aliphatic carbocycles. The van der Waals surface area contributed by atoms with Crippen LogP contribution in [0.15, 0.2) is 30.3 Å². The van der Waals surface area contributed by atoms with E-state index in [0.29, 0.717) is 5.92 Å². The Morgan fingerprint density at radius 3 is 2.68 bits per heavy atom. The predicted molar refractivity (Wildman–Crippen MR) is 86.1 cm³/mol. The summed E-state index contributed by atoms with van der Waals surface area (Å²) < 4.78 is 0. The molecule has 0 saturated carbocycles. The third kappa shape index (κ3) is 4.59. The number of likely N-dealkylation sites (N-methyl/N-ethyl adjacent to an activating group) is 1. The van der Waals surface area contributed by atoms with Gasteiger partial charge in [-0.1, -0.05) is 46.3 Å². The number of hydrogen-bond donors (Lipinski definition) is 0. The van der Waals surface area contributed by atoms with E-state index in [1.165, 1.54) is 31.6 Å². The Labute approximate surface area is 125 Å². The van der Waals surface area contributed by atoms with E-state index < -0.39 is 0 Å². The Hall–Kier alpha value is -0.380. The van der Waals surface area contributed by atoms with Crippen LogP contribution in [0.5, 0.6) is 0 Å². The van der Waals surface area contributed by atoms with Crippen molar-refractivity contribution in [2.45, 2.75) is 12.3 Å². The highest BCUT2D eigenvalue weighted by Gasteiger charge is 2.22. The highest BCUT2D eigenvalue weighted by atomic mass is 79.9. The van der Waals surface area contributed by atoms with E-state index in [1.54, 1.807) is 0 Å². The lowest BCUT2D eigenvalue weighted by Gasteiger charge is -2.25. The number of halogens is 1. The molecule has 1 aromatic rings. The van der Waals surface area contributed by atoms with E-state index in [4.69, 9.17) is 0 Å². The van der Waals surface area contributed by atoms with E-state index in [2.05, 4.69) is 70.2 Å². The Bertz CT molecular complexity index is 368. The average molecular weight is 325 g/mol. The van der Waals surface area contributed by atoms with Gasteiger partial charge in [0.15, 0.2) is 0 Å². The largest absolute Gasteiger partial charge is 0.306 e. The quantitative estimate of drug-likeness (QED) is 0.742. The van der Waals surface area contributed by atoms with Crippen LogP contribution in [0.25, 0.3) is 0 Å². The molecule has 0 spiro atoms. The lowest BCUT2D eigenvalue weighted by atomic mass is 10.00. The lowest BCUT2D eigenvalue weighted by Crippen LogP contribution is -2.31.